The minimum atomic E-state index is -0.668. The van der Waals surface area contributed by atoms with Gasteiger partial charge in [-0.05, 0) is 25.5 Å². The predicted molar refractivity (Wildman–Crippen MR) is 78.5 cm³/mol. The van der Waals surface area contributed by atoms with E-state index in [0.717, 1.165) is 12.5 Å². The van der Waals surface area contributed by atoms with Gasteiger partial charge in [0.25, 0.3) is 0 Å². The Kier molecular flexibility index (Phi) is 5.95. The van der Waals surface area contributed by atoms with E-state index in [1.54, 1.807) is 6.92 Å². The van der Waals surface area contributed by atoms with Gasteiger partial charge in [-0.3, -0.25) is 4.79 Å². The first-order valence-corrected chi connectivity index (χ1v) is 6.62. The number of nitrogens with one attached hydrogen (secondary N) is 2. The van der Waals surface area contributed by atoms with E-state index in [2.05, 4.69) is 15.4 Å². The van der Waals surface area contributed by atoms with Crippen LogP contribution in [-0.2, 0) is 9.53 Å². The molecule has 116 valence electrons. The van der Waals surface area contributed by atoms with Crippen LogP contribution >= 0.6 is 0 Å². The predicted octanol–water partition coefficient (Wildman–Crippen LogP) is 1.52. The number of methoxy groups -OCH3 is 1. The summed E-state index contributed by atoms with van der Waals surface area (Å²) in [4.78, 5) is 23.3. The molecule has 1 atom stereocenters. The van der Waals surface area contributed by atoms with Gasteiger partial charge in [0.15, 0.2) is 0 Å². The molecule has 1 aromatic carbocycles. The van der Waals surface area contributed by atoms with Crippen LogP contribution in [0.4, 0.5) is 15.8 Å². The standard InChI is InChI=1S/C14H20FN3O3/c1-4-5-17-13(19)8(2)18-12-6-9(14(20)21-3)11(16)7-10(12)15/h6-8,18H,4-5,16H2,1-3H3,(H,17,19). The minimum absolute atomic E-state index is 0.0174. The fourth-order valence-corrected chi connectivity index (χ4v) is 1.69. The highest BCUT2D eigenvalue weighted by Gasteiger charge is 2.18. The molecule has 0 aliphatic heterocycles. The molecule has 0 aliphatic carbocycles. The number of amides is 1. The molecule has 0 radical (unpaired) electrons. The lowest BCUT2D eigenvalue weighted by atomic mass is 10.1. The van der Waals surface area contributed by atoms with Crippen molar-refractivity contribution in [2.45, 2.75) is 26.3 Å². The molecule has 0 aromatic heterocycles. The first kappa shape index (κ1) is 16.7. The molecule has 0 spiro atoms. The Morgan fingerprint density at radius 1 is 1.43 bits per heavy atom. The highest BCUT2D eigenvalue weighted by molar-refractivity contribution is 5.96. The van der Waals surface area contributed by atoms with Gasteiger partial charge >= 0.3 is 5.97 Å². The van der Waals surface area contributed by atoms with Crippen LogP contribution in [0.5, 0.6) is 0 Å². The van der Waals surface area contributed by atoms with Crippen LogP contribution < -0.4 is 16.4 Å². The molecule has 0 saturated carbocycles. The Hall–Kier alpha value is -2.31. The molecule has 0 aliphatic rings. The van der Waals surface area contributed by atoms with Crippen LogP contribution in [-0.4, -0.2) is 31.6 Å². The Morgan fingerprint density at radius 3 is 2.67 bits per heavy atom. The average molecular weight is 297 g/mol. The number of nitrogen functional groups attached to an aromatic ring is 1. The maximum absolute atomic E-state index is 13.8. The highest BCUT2D eigenvalue weighted by Crippen LogP contribution is 2.23. The van der Waals surface area contributed by atoms with Crippen molar-refractivity contribution in [3.8, 4) is 0 Å². The number of esters is 1. The van der Waals surface area contributed by atoms with Gasteiger partial charge in [-0.25, -0.2) is 9.18 Å². The lowest BCUT2D eigenvalue weighted by molar-refractivity contribution is -0.121. The molecule has 4 N–H and O–H groups in total. The van der Waals surface area contributed by atoms with E-state index < -0.39 is 17.8 Å². The molecule has 1 unspecified atom stereocenters. The molecule has 0 heterocycles. The number of halogens is 1. The Morgan fingerprint density at radius 2 is 2.10 bits per heavy atom. The van der Waals surface area contributed by atoms with Gasteiger partial charge in [-0.2, -0.15) is 0 Å². The van der Waals surface area contributed by atoms with Crippen molar-refractivity contribution >= 4 is 23.3 Å². The average Bonchev–Trinajstić information content (AvgIpc) is 2.46. The number of hydrogen-bond donors (Lipinski definition) is 3. The Labute approximate surface area is 122 Å². The molecule has 7 heteroatoms. The first-order chi connectivity index (χ1) is 9.90. The van der Waals surface area contributed by atoms with Crippen molar-refractivity contribution in [2.24, 2.45) is 0 Å². The third-order valence-corrected chi connectivity index (χ3v) is 2.86. The number of carbonyl (C=O) groups excluding carboxylic acids is 2. The summed E-state index contributed by atoms with van der Waals surface area (Å²) >= 11 is 0. The summed E-state index contributed by atoms with van der Waals surface area (Å²) in [7, 11) is 1.21. The second kappa shape index (κ2) is 7.47. The van der Waals surface area contributed by atoms with Crippen molar-refractivity contribution in [3.05, 3.63) is 23.5 Å². The van der Waals surface area contributed by atoms with Gasteiger partial charge in [-0.15, -0.1) is 0 Å². The Bertz CT molecular complexity index is 534. The minimum Gasteiger partial charge on any atom is -0.465 e. The number of hydrogen-bond acceptors (Lipinski definition) is 5. The quantitative estimate of drug-likeness (QED) is 0.547. The Balaban J connectivity index is 2.92. The van der Waals surface area contributed by atoms with Gasteiger partial charge < -0.3 is 21.1 Å². The number of ether oxygens (including phenoxy) is 1. The third kappa shape index (κ3) is 4.34. The fraction of sp³-hybridized carbons (Fsp3) is 0.429. The first-order valence-electron chi connectivity index (χ1n) is 6.62. The third-order valence-electron chi connectivity index (χ3n) is 2.86. The van der Waals surface area contributed by atoms with Crippen LogP contribution in [0.1, 0.15) is 30.6 Å². The van der Waals surface area contributed by atoms with E-state index >= 15 is 0 Å². The van der Waals surface area contributed by atoms with Gasteiger partial charge in [0.1, 0.15) is 11.9 Å². The number of rotatable bonds is 6. The second-order valence-electron chi connectivity index (χ2n) is 4.57. The molecular formula is C14H20FN3O3. The summed E-state index contributed by atoms with van der Waals surface area (Å²) in [5.41, 5.74) is 5.62. The zero-order valence-electron chi connectivity index (χ0n) is 12.3. The van der Waals surface area contributed by atoms with E-state index in [-0.39, 0.29) is 22.8 Å². The lowest BCUT2D eigenvalue weighted by Gasteiger charge is -2.16. The van der Waals surface area contributed by atoms with Crippen LogP contribution in [0.3, 0.4) is 0 Å². The van der Waals surface area contributed by atoms with Crippen LogP contribution in [0.15, 0.2) is 12.1 Å². The summed E-state index contributed by atoms with van der Waals surface area (Å²) in [5, 5.41) is 5.41. The molecule has 1 amide bonds. The molecular weight excluding hydrogens is 277 g/mol. The smallest absolute Gasteiger partial charge is 0.340 e. The lowest BCUT2D eigenvalue weighted by Crippen LogP contribution is -2.38. The zero-order chi connectivity index (χ0) is 16.0. The van der Waals surface area contributed by atoms with Crippen molar-refractivity contribution in [3.63, 3.8) is 0 Å². The molecule has 0 saturated heterocycles. The van der Waals surface area contributed by atoms with Crippen LogP contribution in [0.25, 0.3) is 0 Å². The topological polar surface area (TPSA) is 93.5 Å². The molecule has 1 aromatic rings. The largest absolute Gasteiger partial charge is 0.465 e. The van der Waals surface area contributed by atoms with E-state index in [1.807, 2.05) is 6.92 Å². The van der Waals surface area contributed by atoms with E-state index in [1.165, 1.54) is 13.2 Å². The van der Waals surface area contributed by atoms with Crippen LogP contribution in [0, 0.1) is 5.82 Å². The fourth-order valence-electron chi connectivity index (χ4n) is 1.69. The van der Waals surface area contributed by atoms with Gasteiger partial charge in [0.2, 0.25) is 5.91 Å². The van der Waals surface area contributed by atoms with Gasteiger partial charge in [0.05, 0.1) is 18.4 Å². The van der Waals surface area contributed by atoms with Gasteiger partial charge in [0, 0.05) is 12.2 Å². The number of carbonyl (C=O) groups is 2. The second-order valence-corrected chi connectivity index (χ2v) is 4.57. The maximum atomic E-state index is 13.8. The summed E-state index contributed by atoms with van der Waals surface area (Å²) in [5.74, 6) is -1.57. The summed E-state index contributed by atoms with van der Waals surface area (Å²) < 4.78 is 18.4. The summed E-state index contributed by atoms with van der Waals surface area (Å²) in [6.07, 6.45) is 0.807. The van der Waals surface area contributed by atoms with E-state index in [0.29, 0.717) is 6.54 Å². The van der Waals surface area contributed by atoms with E-state index in [4.69, 9.17) is 5.73 Å². The molecule has 0 fully saturated rings. The van der Waals surface area contributed by atoms with Crippen LogP contribution in [0.2, 0.25) is 0 Å². The maximum Gasteiger partial charge on any atom is 0.340 e. The monoisotopic (exact) mass is 297 g/mol. The normalized spacial score (nSPS) is 11.6. The highest BCUT2D eigenvalue weighted by atomic mass is 19.1. The number of anilines is 2. The van der Waals surface area contributed by atoms with Crippen molar-refractivity contribution in [1.82, 2.24) is 5.32 Å². The number of nitrogens with two attached hydrogens (primary N) is 1. The van der Waals surface area contributed by atoms with Crippen molar-refractivity contribution in [1.29, 1.82) is 0 Å². The zero-order valence-corrected chi connectivity index (χ0v) is 12.3. The van der Waals surface area contributed by atoms with Gasteiger partial charge in [-0.1, -0.05) is 6.92 Å². The number of benzene rings is 1. The summed E-state index contributed by atoms with van der Waals surface area (Å²) in [6, 6.07) is 1.60. The SMILES string of the molecule is CCCNC(=O)C(C)Nc1cc(C(=O)OC)c(N)cc1F. The molecule has 0 bridgehead atoms. The van der Waals surface area contributed by atoms with Crippen molar-refractivity contribution < 1.29 is 18.7 Å². The molecule has 6 nitrogen and oxygen atoms in total. The molecule has 1 rings (SSSR count). The molecule has 21 heavy (non-hydrogen) atoms. The summed E-state index contributed by atoms with van der Waals surface area (Å²) in [6.45, 7) is 4.07. The van der Waals surface area contributed by atoms with E-state index in [9.17, 15) is 14.0 Å². The van der Waals surface area contributed by atoms with Crippen molar-refractivity contribution in [2.75, 3.05) is 24.7 Å².